The number of carbonyl (C=O) groups is 1. The molecule has 0 aliphatic heterocycles. The van der Waals surface area contributed by atoms with Crippen LogP contribution in [0.25, 0.3) is 0 Å². The summed E-state index contributed by atoms with van der Waals surface area (Å²) in [5.74, 6) is -1.07. The number of ether oxygens (including phenoxy) is 2. The zero-order valence-electron chi connectivity index (χ0n) is 9.92. The highest BCUT2D eigenvalue weighted by Gasteiger charge is 2.55. The summed E-state index contributed by atoms with van der Waals surface area (Å²) in [6.07, 6.45) is 0.924. The summed E-state index contributed by atoms with van der Waals surface area (Å²) in [7, 11) is 2.79. The minimum Gasteiger partial charge on any atom is -0.493 e. The van der Waals surface area contributed by atoms with Gasteiger partial charge in [0.05, 0.1) is 24.1 Å². The van der Waals surface area contributed by atoms with Crippen LogP contribution < -0.4 is 9.47 Å². The molecule has 0 unspecified atom stereocenters. The lowest BCUT2D eigenvalue weighted by molar-refractivity contribution is -0.140. The predicted molar refractivity (Wildman–Crippen MR) is 65.8 cm³/mol. The summed E-state index contributed by atoms with van der Waals surface area (Å²) in [5, 5.41) is 9.32. The maximum atomic E-state index is 13.8. The van der Waals surface area contributed by atoms with Crippen LogP contribution in [0.3, 0.4) is 0 Å². The van der Waals surface area contributed by atoms with Crippen LogP contribution in [0.4, 0.5) is 4.39 Å². The summed E-state index contributed by atoms with van der Waals surface area (Å²) in [5.41, 5.74) is -0.756. The number of halogens is 2. The number of benzene rings is 1. The highest BCUT2D eigenvalue weighted by Crippen LogP contribution is 2.56. The van der Waals surface area contributed by atoms with Crippen LogP contribution in [0.2, 0.25) is 0 Å². The highest BCUT2D eigenvalue weighted by molar-refractivity contribution is 9.10. The van der Waals surface area contributed by atoms with Crippen molar-refractivity contribution in [3.8, 4) is 11.5 Å². The van der Waals surface area contributed by atoms with Gasteiger partial charge in [0, 0.05) is 11.6 Å². The molecule has 1 aliphatic rings. The van der Waals surface area contributed by atoms with E-state index in [1.54, 1.807) is 0 Å². The average molecular weight is 319 g/mol. The smallest absolute Gasteiger partial charge is 0.314 e. The number of carboxylic acids is 1. The second-order valence-electron chi connectivity index (χ2n) is 4.17. The molecule has 1 saturated carbocycles. The standard InChI is InChI=1S/C12H12BrFO4/c1-17-7-5-6(14)9(13)8(10(7)18-2)12(3-4-12)11(15)16/h5H,3-4H2,1-2H3,(H,15,16). The molecule has 0 aromatic heterocycles. The normalized spacial score (nSPS) is 16.2. The fourth-order valence-electron chi connectivity index (χ4n) is 2.06. The maximum Gasteiger partial charge on any atom is 0.314 e. The molecule has 0 atom stereocenters. The molecule has 1 aromatic rings. The zero-order chi connectivity index (χ0) is 13.5. The first-order valence-corrected chi connectivity index (χ1v) is 6.11. The van der Waals surface area contributed by atoms with Gasteiger partial charge in [-0.05, 0) is 28.8 Å². The zero-order valence-corrected chi connectivity index (χ0v) is 11.5. The molecule has 4 nitrogen and oxygen atoms in total. The van der Waals surface area contributed by atoms with Crippen LogP contribution in [0.1, 0.15) is 18.4 Å². The van der Waals surface area contributed by atoms with E-state index in [0.29, 0.717) is 18.4 Å². The van der Waals surface area contributed by atoms with Crippen molar-refractivity contribution in [2.75, 3.05) is 14.2 Å². The minimum absolute atomic E-state index is 0.125. The van der Waals surface area contributed by atoms with Crippen LogP contribution in [0.15, 0.2) is 10.5 Å². The molecular formula is C12H12BrFO4. The molecule has 0 amide bonds. The number of hydrogen-bond donors (Lipinski definition) is 1. The van der Waals surface area contributed by atoms with Gasteiger partial charge in [-0.2, -0.15) is 0 Å². The topological polar surface area (TPSA) is 55.8 Å². The molecule has 2 rings (SSSR count). The number of methoxy groups -OCH3 is 2. The Balaban J connectivity index is 2.72. The fraction of sp³-hybridized carbons (Fsp3) is 0.417. The Morgan fingerprint density at radius 2 is 2.06 bits per heavy atom. The monoisotopic (exact) mass is 318 g/mol. The van der Waals surface area contributed by atoms with Crippen LogP contribution in [-0.4, -0.2) is 25.3 Å². The van der Waals surface area contributed by atoms with Gasteiger partial charge in [-0.1, -0.05) is 0 Å². The van der Waals surface area contributed by atoms with Gasteiger partial charge in [-0.25, -0.2) is 4.39 Å². The maximum absolute atomic E-state index is 13.8. The van der Waals surface area contributed by atoms with Crippen molar-refractivity contribution in [2.24, 2.45) is 0 Å². The van der Waals surface area contributed by atoms with Crippen LogP contribution >= 0.6 is 15.9 Å². The summed E-state index contributed by atoms with van der Waals surface area (Å²) in [6.45, 7) is 0. The molecule has 0 heterocycles. The molecule has 0 spiro atoms. The third-order valence-corrected chi connectivity index (χ3v) is 3.98. The Morgan fingerprint density at radius 1 is 1.44 bits per heavy atom. The lowest BCUT2D eigenvalue weighted by Gasteiger charge is -2.19. The van der Waals surface area contributed by atoms with Crippen molar-refractivity contribution in [3.63, 3.8) is 0 Å². The number of aliphatic carboxylic acids is 1. The molecule has 1 aromatic carbocycles. The molecule has 1 fully saturated rings. The van der Waals surface area contributed by atoms with Gasteiger partial charge < -0.3 is 14.6 Å². The number of hydrogen-bond acceptors (Lipinski definition) is 3. The van der Waals surface area contributed by atoms with Crippen molar-refractivity contribution in [1.82, 2.24) is 0 Å². The summed E-state index contributed by atoms with van der Waals surface area (Å²) in [4.78, 5) is 11.4. The van der Waals surface area contributed by atoms with E-state index in [1.165, 1.54) is 20.3 Å². The Morgan fingerprint density at radius 3 is 2.44 bits per heavy atom. The fourth-order valence-corrected chi connectivity index (χ4v) is 2.74. The van der Waals surface area contributed by atoms with E-state index < -0.39 is 17.2 Å². The summed E-state index contributed by atoms with van der Waals surface area (Å²) in [6, 6.07) is 1.17. The van der Waals surface area contributed by atoms with Crippen LogP contribution in [0, 0.1) is 5.82 Å². The molecule has 18 heavy (non-hydrogen) atoms. The second kappa shape index (κ2) is 4.42. The first-order valence-electron chi connectivity index (χ1n) is 5.31. The van der Waals surface area contributed by atoms with Gasteiger partial charge in [-0.3, -0.25) is 4.79 Å². The first-order chi connectivity index (χ1) is 8.47. The largest absolute Gasteiger partial charge is 0.493 e. The molecule has 0 saturated heterocycles. The molecule has 0 radical (unpaired) electrons. The van der Waals surface area contributed by atoms with Crippen LogP contribution in [-0.2, 0) is 10.2 Å². The van der Waals surface area contributed by atoms with Crippen molar-refractivity contribution >= 4 is 21.9 Å². The van der Waals surface area contributed by atoms with Crippen molar-refractivity contribution in [2.45, 2.75) is 18.3 Å². The molecule has 1 aliphatic carbocycles. The van der Waals surface area contributed by atoms with E-state index in [2.05, 4.69) is 15.9 Å². The van der Waals surface area contributed by atoms with Crippen molar-refractivity contribution in [3.05, 3.63) is 21.9 Å². The molecule has 98 valence electrons. The van der Waals surface area contributed by atoms with E-state index in [9.17, 15) is 14.3 Å². The minimum atomic E-state index is -1.07. The van der Waals surface area contributed by atoms with Gasteiger partial charge in [0.25, 0.3) is 0 Å². The van der Waals surface area contributed by atoms with Crippen molar-refractivity contribution < 1.29 is 23.8 Å². The molecule has 6 heteroatoms. The highest BCUT2D eigenvalue weighted by atomic mass is 79.9. The lowest BCUT2D eigenvalue weighted by atomic mass is 9.94. The predicted octanol–water partition coefficient (Wildman–Crippen LogP) is 2.72. The van der Waals surface area contributed by atoms with E-state index in [4.69, 9.17) is 9.47 Å². The van der Waals surface area contributed by atoms with E-state index in [1.807, 2.05) is 0 Å². The molecule has 0 bridgehead atoms. The van der Waals surface area contributed by atoms with Gasteiger partial charge in [0.1, 0.15) is 5.82 Å². The Bertz CT molecular complexity index is 511. The molecule has 1 N–H and O–H groups in total. The van der Waals surface area contributed by atoms with Gasteiger partial charge in [0.2, 0.25) is 0 Å². The van der Waals surface area contributed by atoms with E-state index in [0.717, 1.165) is 0 Å². The Labute approximate surface area is 112 Å². The third kappa shape index (κ3) is 1.75. The first kappa shape index (κ1) is 13.1. The average Bonchev–Trinajstić information content (AvgIpc) is 3.12. The molecular weight excluding hydrogens is 307 g/mol. The third-order valence-electron chi connectivity index (χ3n) is 3.20. The van der Waals surface area contributed by atoms with Gasteiger partial charge in [0.15, 0.2) is 11.5 Å². The summed E-state index contributed by atoms with van der Waals surface area (Å²) < 4.78 is 24.1. The SMILES string of the molecule is COc1cc(F)c(Br)c(C2(C(=O)O)CC2)c1OC. The van der Waals surface area contributed by atoms with Crippen molar-refractivity contribution in [1.29, 1.82) is 0 Å². The van der Waals surface area contributed by atoms with Gasteiger partial charge in [-0.15, -0.1) is 0 Å². The second-order valence-corrected chi connectivity index (χ2v) is 4.96. The Hall–Kier alpha value is -1.30. The number of carboxylic acid groups (broad SMARTS) is 1. The Kier molecular flexibility index (Phi) is 3.23. The quantitative estimate of drug-likeness (QED) is 0.927. The van der Waals surface area contributed by atoms with Gasteiger partial charge >= 0.3 is 5.97 Å². The lowest BCUT2D eigenvalue weighted by Crippen LogP contribution is -2.21. The van der Waals surface area contributed by atoms with Crippen LogP contribution in [0.5, 0.6) is 11.5 Å². The van der Waals surface area contributed by atoms with E-state index >= 15 is 0 Å². The number of rotatable bonds is 4. The van der Waals surface area contributed by atoms with E-state index in [-0.39, 0.29) is 16.0 Å². The summed E-state index contributed by atoms with van der Waals surface area (Å²) >= 11 is 3.11.